The summed E-state index contributed by atoms with van der Waals surface area (Å²) in [5.74, 6) is -4.16. The van der Waals surface area contributed by atoms with E-state index in [1.54, 1.807) is 30.3 Å². The van der Waals surface area contributed by atoms with E-state index in [0.29, 0.717) is 0 Å². The Kier molecular flexibility index (Phi) is 18.6. The second-order valence-corrected chi connectivity index (χ2v) is 13.2. The summed E-state index contributed by atoms with van der Waals surface area (Å²) in [6.45, 7) is 0.371. The molecule has 2 fully saturated rings. The minimum atomic E-state index is -5.73. The molecule has 2 aromatic rings. The molecule has 4 rings (SSSR count). The summed E-state index contributed by atoms with van der Waals surface area (Å²) in [4.78, 5) is 64.4. The van der Waals surface area contributed by atoms with Crippen LogP contribution in [0.15, 0.2) is 47.4 Å². The summed E-state index contributed by atoms with van der Waals surface area (Å²) in [7, 11) is -11.3. The Morgan fingerprint density at radius 3 is 2.37 bits per heavy atom. The van der Waals surface area contributed by atoms with Gasteiger partial charge in [0.05, 0.1) is 31.2 Å². The summed E-state index contributed by atoms with van der Waals surface area (Å²) in [5, 5.41) is 23.3. The standard InChI is InChI=1S/C24H34N4O13P2.3Na/c1-13(29)26-16-9-15(10-17(16)38-11-14-5-3-2-4-6-14)23(42(33,34)35)41-43(36,37)39-12-18-20(30)21(31)22(40-18)28-8-7-19(25)27-24(28)32;;;/h2-8,15-18,20-23,30-31H,9-12H2,1H3,(H,26,29)(H,36,37)(H2,25,27,32)(H2,33,34,35);;;/q;3*+1/p-3/t15-,16-,17+,18+,20+,21+,22+,23?;;;/m0.../s1. The van der Waals surface area contributed by atoms with Crippen LogP contribution in [0.3, 0.4) is 0 Å². The fourth-order valence-corrected chi connectivity index (χ4v) is 7.49. The third kappa shape index (κ3) is 12.1. The fraction of sp³-hybridized carbons (Fsp3) is 0.542. The van der Waals surface area contributed by atoms with Crippen LogP contribution in [0.2, 0.25) is 0 Å². The summed E-state index contributed by atoms with van der Waals surface area (Å²) in [6.07, 6.45) is -6.38. The number of rotatable bonds is 12. The number of aliphatic hydroxyl groups is 2. The molecule has 1 aliphatic carbocycles. The van der Waals surface area contributed by atoms with Gasteiger partial charge in [-0.1, -0.05) is 30.3 Å². The van der Waals surface area contributed by atoms with Crippen LogP contribution in [0, 0.1) is 5.92 Å². The Hall–Kier alpha value is 0.470. The second kappa shape index (κ2) is 19.2. The van der Waals surface area contributed by atoms with E-state index in [0.717, 1.165) is 16.3 Å². The number of anilines is 1. The summed E-state index contributed by atoms with van der Waals surface area (Å²) < 4.78 is 46.5. The first-order chi connectivity index (χ1) is 20.1. The molecule has 1 aliphatic heterocycles. The van der Waals surface area contributed by atoms with Crippen LogP contribution in [0.1, 0.15) is 31.6 Å². The van der Waals surface area contributed by atoms with Crippen molar-refractivity contribution in [2.45, 2.75) is 68.9 Å². The number of phosphoric ester groups is 1. The number of amides is 1. The fourth-order valence-electron chi connectivity index (χ4n) is 5.09. The first-order valence-electron chi connectivity index (χ1n) is 13.1. The van der Waals surface area contributed by atoms with Crippen LogP contribution < -0.4 is 120 Å². The van der Waals surface area contributed by atoms with Crippen molar-refractivity contribution in [3.63, 3.8) is 0 Å². The van der Waals surface area contributed by atoms with E-state index in [1.807, 2.05) is 0 Å². The predicted molar refractivity (Wildman–Crippen MR) is 140 cm³/mol. The van der Waals surface area contributed by atoms with Gasteiger partial charge in [0.2, 0.25) is 5.91 Å². The van der Waals surface area contributed by atoms with Gasteiger partial charge in [0.15, 0.2) is 6.23 Å². The number of benzene rings is 1. The number of nitrogen functional groups attached to an aromatic ring is 1. The number of nitrogens with two attached hydrogens (primary N) is 1. The molecular formula is C24H31N4Na3O13P2. The van der Waals surface area contributed by atoms with Crippen LogP contribution in [0.4, 0.5) is 5.82 Å². The number of nitrogens with zero attached hydrogens (tertiary/aromatic N) is 2. The first kappa shape index (κ1) is 44.5. The van der Waals surface area contributed by atoms with Crippen molar-refractivity contribution < 1.29 is 146 Å². The largest absolute Gasteiger partial charge is 1.00 e. The second-order valence-electron chi connectivity index (χ2n) is 10.2. The molecule has 2 aliphatic rings. The Bertz CT molecular complexity index is 1440. The molecule has 2 heterocycles. The van der Waals surface area contributed by atoms with E-state index >= 15 is 0 Å². The smallest absolute Gasteiger partial charge is 0.809 e. The molecule has 1 saturated carbocycles. The molecule has 9 atom stereocenters. The van der Waals surface area contributed by atoms with Gasteiger partial charge in [-0.3, -0.25) is 13.9 Å². The van der Waals surface area contributed by atoms with Crippen LogP contribution in [0.5, 0.6) is 0 Å². The average Bonchev–Trinajstić information content (AvgIpc) is 3.44. The SMILES string of the molecule is CC(=O)N[C@H]1C[C@H](C(OP(=O)([O-])OC[C@H]2O[C@@H](n3ccc(N)nc3=O)[C@H](O)[C@@H]2O)P(=O)([O-])[O-])C[C@H]1OCc1ccccc1.[Na+].[Na+].[Na+]. The van der Waals surface area contributed by atoms with Gasteiger partial charge in [-0.25, -0.2) is 4.79 Å². The van der Waals surface area contributed by atoms with Gasteiger partial charge < -0.3 is 59.0 Å². The van der Waals surface area contributed by atoms with Gasteiger partial charge in [-0.05, 0) is 38.0 Å². The normalized spacial score (nSPS) is 27.7. The van der Waals surface area contributed by atoms with Crippen molar-refractivity contribution in [2.24, 2.45) is 5.92 Å². The number of aromatic nitrogens is 2. The first-order valence-corrected chi connectivity index (χ1v) is 16.2. The maximum absolute atomic E-state index is 12.7. The van der Waals surface area contributed by atoms with Crippen molar-refractivity contribution in [3.05, 3.63) is 58.6 Å². The van der Waals surface area contributed by atoms with Gasteiger partial charge in [0.1, 0.15) is 24.1 Å². The number of hydrogen-bond donors (Lipinski definition) is 4. The minimum Gasteiger partial charge on any atom is -0.809 e. The van der Waals surface area contributed by atoms with Crippen molar-refractivity contribution in [2.75, 3.05) is 12.3 Å². The van der Waals surface area contributed by atoms with Crippen LogP contribution in [-0.2, 0) is 39.1 Å². The number of carbonyl (C=O) groups is 1. The number of ether oxygens (including phenoxy) is 2. The van der Waals surface area contributed by atoms with E-state index in [-0.39, 0.29) is 114 Å². The zero-order valence-electron chi connectivity index (χ0n) is 25.7. The number of carbonyl (C=O) groups excluding carboxylic acids is 1. The van der Waals surface area contributed by atoms with E-state index in [9.17, 15) is 43.6 Å². The molecule has 46 heavy (non-hydrogen) atoms. The molecule has 2 unspecified atom stereocenters. The third-order valence-corrected chi connectivity index (χ3v) is 9.32. The van der Waals surface area contributed by atoms with Gasteiger partial charge >= 0.3 is 94.4 Å². The van der Waals surface area contributed by atoms with Gasteiger partial charge in [-0.15, -0.1) is 0 Å². The van der Waals surface area contributed by atoms with E-state index in [2.05, 4.69) is 10.3 Å². The number of hydrogen-bond acceptors (Lipinski definition) is 15. The topological polar surface area (TPSA) is 271 Å². The van der Waals surface area contributed by atoms with E-state index in [1.165, 1.54) is 13.0 Å². The molecule has 0 spiro atoms. The van der Waals surface area contributed by atoms with Gasteiger partial charge in [0.25, 0.3) is 7.82 Å². The molecule has 17 nitrogen and oxygen atoms in total. The summed E-state index contributed by atoms with van der Waals surface area (Å²) >= 11 is 0. The molecule has 1 aromatic heterocycles. The van der Waals surface area contributed by atoms with Crippen LogP contribution >= 0.6 is 15.4 Å². The molecule has 22 heteroatoms. The summed E-state index contributed by atoms with van der Waals surface area (Å²) in [5.41, 5.74) is 5.31. The molecule has 1 saturated heterocycles. The quantitative estimate of drug-likeness (QED) is 0.117. The van der Waals surface area contributed by atoms with Crippen molar-refractivity contribution in [1.29, 1.82) is 0 Å². The Labute approximate surface area is 330 Å². The zero-order valence-corrected chi connectivity index (χ0v) is 33.5. The Morgan fingerprint density at radius 1 is 1.13 bits per heavy atom. The molecular weight excluding hydrogens is 683 g/mol. The Balaban J connectivity index is 0.00000353. The maximum atomic E-state index is 12.7. The molecule has 238 valence electrons. The maximum Gasteiger partial charge on any atom is 1.00 e. The molecule has 0 radical (unpaired) electrons. The van der Waals surface area contributed by atoms with E-state index in [4.69, 9.17) is 24.3 Å². The van der Waals surface area contributed by atoms with Crippen molar-refractivity contribution in [3.8, 4) is 0 Å². The monoisotopic (exact) mass is 714 g/mol. The number of nitrogens with one attached hydrogen (secondary N) is 1. The Morgan fingerprint density at radius 2 is 1.78 bits per heavy atom. The van der Waals surface area contributed by atoms with Crippen LogP contribution in [-0.4, -0.2) is 68.6 Å². The zero-order chi connectivity index (χ0) is 31.5. The summed E-state index contributed by atoms with van der Waals surface area (Å²) in [6, 6.07) is 9.44. The minimum absolute atomic E-state index is 0. The van der Waals surface area contributed by atoms with Crippen molar-refractivity contribution in [1.82, 2.24) is 14.9 Å². The average molecular weight is 714 g/mol. The van der Waals surface area contributed by atoms with Crippen LogP contribution in [0.25, 0.3) is 0 Å². The molecule has 0 bridgehead atoms. The van der Waals surface area contributed by atoms with Crippen molar-refractivity contribution >= 4 is 27.1 Å². The van der Waals surface area contributed by atoms with Gasteiger partial charge in [-0.2, -0.15) is 4.98 Å². The number of aliphatic hydroxyl groups excluding tert-OH is 2. The molecule has 1 aromatic carbocycles. The molecule has 1 amide bonds. The van der Waals surface area contributed by atoms with Gasteiger partial charge in [0, 0.05) is 13.1 Å². The number of phosphoric acid groups is 1. The van der Waals surface area contributed by atoms with E-state index < -0.39 is 82.1 Å². The molecule has 5 N–H and O–H groups in total. The third-order valence-electron chi connectivity index (χ3n) is 7.05. The predicted octanol–water partition coefficient (Wildman–Crippen LogP) is -11.3.